The first-order valence-electron chi connectivity index (χ1n) is 7.08. The first-order chi connectivity index (χ1) is 9.79. The largest absolute Gasteiger partial charge is 0.329 e. The van der Waals surface area contributed by atoms with E-state index in [9.17, 15) is 0 Å². The van der Waals surface area contributed by atoms with Crippen LogP contribution in [0.1, 0.15) is 31.4 Å². The topological polar surface area (TPSA) is 72.9 Å². The molecule has 20 heavy (non-hydrogen) atoms. The summed E-state index contributed by atoms with van der Waals surface area (Å²) in [7, 11) is 0. The van der Waals surface area contributed by atoms with Crippen LogP contribution in [-0.4, -0.2) is 44.2 Å². The van der Waals surface area contributed by atoms with E-state index in [0.29, 0.717) is 12.1 Å². The molecule has 0 amide bonds. The van der Waals surface area contributed by atoms with Gasteiger partial charge in [-0.05, 0) is 54.4 Å². The minimum atomic E-state index is 0.363. The van der Waals surface area contributed by atoms with Crippen molar-refractivity contribution in [3.8, 4) is 5.69 Å². The van der Waals surface area contributed by atoms with E-state index < -0.39 is 0 Å². The van der Waals surface area contributed by atoms with E-state index in [-0.39, 0.29) is 0 Å². The fraction of sp³-hybridized carbons (Fsp3) is 0.500. The van der Waals surface area contributed by atoms with Gasteiger partial charge in [0.25, 0.3) is 0 Å². The van der Waals surface area contributed by atoms with E-state index in [0.717, 1.165) is 18.8 Å². The number of aromatic nitrogens is 4. The summed E-state index contributed by atoms with van der Waals surface area (Å²) in [6.45, 7) is 4.10. The van der Waals surface area contributed by atoms with Crippen LogP contribution in [0.3, 0.4) is 0 Å². The summed E-state index contributed by atoms with van der Waals surface area (Å²) in [6, 6.07) is 9.23. The van der Waals surface area contributed by atoms with Crippen LogP contribution in [0.25, 0.3) is 5.69 Å². The molecular weight excluding hydrogens is 252 g/mol. The second-order valence-electron chi connectivity index (χ2n) is 5.29. The van der Waals surface area contributed by atoms with Crippen LogP contribution in [0, 0.1) is 0 Å². The minimum Gasteiger partial charge on any atom is -0.329 e. The zero-order chi connectivity index (χ0) is 13.9. The lowest BCUT2D eigenvalue weighted by Gasteiger charge is -2.30. The Kier molecular flexibility index (Phi) is 3.75. The van der Waals surface area contributed by atoms with Crippen molar-refractivity contribution in [3.63, 3.8) is 0 Å². The molecule has 0 spiro atoms. The molecule has 2 atom stereocenters. The lowest BCUT2D eigenvalue weighted by molar-refractivity contribution is 0.197. The highest BCUT2D eigenvalue weighted by Crippen LogP contribution is 2.29. The van der Waals surface area contributed by atoms with Crippen LogP contribution < -0.4 is 5.73 Å². The van der Waals surface area contributed by atoms with Crippen molar-refractivity contribution in [2.24, 2.45) is 5.73 Å². The Morgan fingerprint density at radius 1 is 1.45 bits per heavy atom. The minimum absolute atomic E-state index is 0.363. The third-order valence-corrected chi connectivity index (χ3v) is 4.16. The van der Waals surface area contributed by atoms with Gasteiger partial charge in [0.15, 0.2) is 0 Å². The molecule has 0 bridgehead atoms. The van der Waals surface area contributed by atoms with Gasteiger partial charge in [-0.15, -0.1) is 5.10 Å². The average molecular weight is 272 g/mol. The Morgan fingerprint density at radius 3 is 3.10 bits per heavy atom. The number of hydrogen-bond donors (Lipinski definition) is 1. The van der Waals surface area contributed by atoms with Crippen molar-refractivity contribution in [2.75, 3.05) is 13.1 Å². The van der Waals surface area contributed by atoms with Gasteiger partial charge in [0.2, 0.25) is 0 Å². The maximum Gasteiger partial charge on any atom is 0.143 e. The standard InChI is InChI=1S/C14H20N6/c1-11(19-7-3-6-14(19)9-15)12-4-2-5-13(8-12)20-10-16-17-18-20/h2,4-5,8,10-11,14H,3,6-7,9,15H2,1H3. The zero-order valence-electron chi connectivity index (χ0n) is 11.7. The molecule has 1 aliphatic rings. The van der Waals surface area contributed by atoms with Gasteiger partial charge in [-0.3, -0.25) is 4.90 Å². The first-order valence-corrected chi connectivity index (χ1v) is 7.08. The normalized spacial score (nSPS) is 21.2. The highest BCUT2D eigenvalue weighted by molar-refractivity contribution is 5.35. The van der Waals surface area contributed by atoms with Crippen LogP contribution in [0.5, 0.6) is 0 Å². The van der Waals surface area contributed by atoms with Crippen molar-refractivity contribution in [3.05, 3.63) is 36.2 Å². The van der Waals surface area contributed by atoms with Gasteiger partial charge in [0, 0.05) is 18.6 Å². The highest BCUT2D eigenvalue weighted by atomic mass is 15.5. The Labute approximate surface area is 118 Å². The summed E-state index contributed by atoms with van der Waals surface area (Å²) in [6.07, 6.45) is 4.05. The molecule has 1 aromatic heterocycles. The monoisotopic (exact) mass is 272 g/mol. The quantitative estimate of drug-likeness (QED) is 0.903. The average Bonchev–Trinajstić information content (AvgIpc) is 3.17. The van der Waals surface area contributed by atoms with Crippen molar-refractivity contribution in [2.45, 2.75) is 31.8 Å². The summed E-state index contributed by atoms with van der Waals surface area (Å²) in [5, 5.41) is 11.3. The molecule has 6 nitrogen and oxygen atoms in total. The predicted molar refractivity (Wildman–Crippen MR) is 76.4 cm³/mol. The van der Waals surface area contributed by atoms with Gasteiger partial charge in [0.1, 0.15) is 6.33 Å². The molecule has 1 aliphatic heterocycles. The van der Waals surface area contributed by atoms with E-state index in [1.807, 2.05) is 6.07 Å². The summed E-state index contributed by atoms with van der Waals surface area (Å²) < 4.78 is 1.68. The molecule has 0 aliphatic carbocycles. The van der Waals surface area contributed by atoms with Gasteiger partial charge < -0.3 is 5.73 Å². The van der Waals surface area contributed by atoms with Gasteiger partial charge >= 0.3 is 0 Å². The molecule has 0 radical (unpaired) electrons. The van der Waals surface area contributed by atoms with Crippen molar-refractivity contribution in [1.29, 1.82) is 0 Å². The molecule has 6 heteroatoms. The fourth-order valence-electron chi connectivity index (χ4n) is 3.02. The number of hydrogen-bond acceptors (Lipinski definition) is 5. The van der Waals surface area contributed by atoms with Crippen molar-refractivity contribution < 1.29 is 0 Å². The number of tetrazole rings is 1. The maximum absolute atomic E-state index is 5.87. The van der Waals surface area contributed by atoms with E-state index >= 15 is 0 Å². The third-order valence-electron chi connectivity index (χ3n) is 4.16. The number of likely N-dealkylation sites (tertiary alicyclic amines) is 1. The Hall–Kier alpha value is -1.79. The Bertz CT molecular complexity index is 553. The fourth-order valence-corrected chi connectivity index (χ4v) is 3.02. The van der Waals surface area contributed by atoms with Gasteiger partial charge in [-0.2, -0.15) is 0 Å². The van der Waals surface area contributed by atoms with Crippen molar-refractivity contribution >= 4 is 0 Å². The van der Waals surface area contributed by atoms with Gasteiger partial charge in [0.05, 0.1) is 5.69 Å². The molecule has 1 fully saturated rings. The Morgan fingerprint density at radius 2 is 2.35 bits per heavy atom. The second-order valence-corrected chi connectivity index (χ2v) is 5.29. The molecule has 2 heterocycles. The lowest BCUT2D eigenvalue weighted by atomic mass is 10.1. The van der Waals surface area contributed by atoms with Gasteiger partial charge in [-0.25, -0.2) is 4.68 Å². The molecule has 2 N–H and O–H groups in total. The maximum atomic E-state index is 5.87. The number of nitrogens with two attached hydrogens (primary N) is 1. The molecular formula is C14H20N6. The summed E-state index contributed by atoms with van der Waals surface area (Å²) in [5.41, 5.74) is 8.14. The zero-order valence-corrected chi connectivity index (χ0v) is 11.7. The van der Waals surface area contributed by atoms with Crippen LogP contribution in [0.2, 0.25) is 0 Å². The SMILES string of the molecule is CC(c1cccc(-n2cnnn2)c1)N1CCCC1CN. The van der Waals surface area contributed by atoms with Crippen molar-refractivity contribution in [1.82, 2.24) is 25.1 Å². The van der Waals surface area contributed by atoms with Crippen LogP contribution in [-0.2, 0) is 0 Å². The first kappa shape index (κ1) is 13.2. The van der Waals surface area contributed by atoms with Crippen LogP contribution in [0.15, 0.2) is 30.6 Å². The third kappa shape index (κ3) is 2.44. The molecule has 2 aromatic rings. The molecule has 0 saturated carbocycles. The van der Waals surface area contributed by atoms with E-state index in [1.165, 1.54) is 18.4 Å². The predicted octanol–water partition coefficient (Wildman–Crippen LogP) is 1.15. The summed E-state index contributed by atoms with van der Waals surface area (Å²) in [5.74, 6) is 0. The molecule has 2 unspecified atom stereocenters. The molecule has 3 rings (SSSR count). The summed E-state index contributed by atoms with van der Waals surface area (Å²) in [4.78, 5) is 2.50. The van der Waals surface area contributed by atoms with E-state index in [4.69, 9.17) is 5.73 Å². The summed E-state index contributed by atoms with van der Waals surface area (Å²) >= 11 is 0. The van der Waals surface area contributed by atoms with E-state index in [1.54, 1.807) is 11.0 Å². The van der Waals surface area contributed by atoms with Crippen LogP contribution in [0.4, 0.5) is 0 Å². The molecule has 1 aromatic carbocycles. The van der Waals surface area contributed by atoms with Crippen LogP contribution >= 0.6 is 0 Å². The number of benzene rings is 1. The smallest absolute Gasteiger partial charge is 0.143 e. The molecule has 106 valence electrons. The number of nitrogens with zero attached hydrogens (tertiary/aromatic N) is 5. The lowest BCUT2D eigenvalue weighted by Crippen LogP contribution is -2.37. The van der Waals surface area contributed by atoms with Gasteiger partial charge in [-0.1, -0.05) is 12.1 Å². The Balaban J connectivity index is 1.85. The second kappa shape index (κ2) is 5.68. The number of rotatable bonds is 4. The van der Waals surface area contributed by atoms with E-state index in [2.05, 4.69) is 45.5 Å². The molecule has 1 saturated heterocycles. The highest BCUT2D eigenvalue weighted by Gasteiger charge is 2.28.